The van der Waals surface area contributed by atoms with Gasteiger partial charge in [0.15, 0.2) is 0 Å². The molecule has 0 saturated heterocycles. The first-order valence-corrected chi connectivity index (χ1v) is 6.00. The van der Waals surface area contributed by atoms with Gasteiger partial charge in [-0.05, 0) is 32.0 Å². The van der Waals surface area contributed by atoms with Gasteiger partial charge in [-0.15, -0.1) is 0 Å². The van der Waals surface area contributed by atoms with Crippen molar-refractivity contribution in [1.29, 1.82) is 5.26 Å². The number of aromatic nitrogens is 2. The highest BCUT2D eigenvalue weighted by Gasteiger charge is 2.14. The molecule has 96 valence electrons. The Balaban J connectivity index is 2.28. The lowest BCUT2D eigenvalue weighted by atomic mass is 10.2. The minimum absolute atomic E-state index is 0.259. The highest BCUT2D eigenvalue weighted by atomic mass is 16.2. The smallest absolute Gasteiger partial charge is 0.273 e. The maximum absolute atomic E-state index is 12.2. The number of nitrogens with zero attached hydrogens (tertiary/aromatic N) is 3. The first-order valence-electron chi connectivity index (χ1n) is 6.00. The Labute approximate surface area is 111 Å². The molecule has 1 aromatic carbocycles. The van der Waals surface area contributed by atoms with Crippen LogP contribution in [0.3, 0.4) is 0 Å². The number of nitriles is 1. The van der Waals surface area contributed by atoms with E-state index in [2.05, 4.69) is 10.4 Å². The van der Waals surface area contributed by atoms with E-state index in [4.69, 9.17) is 5.26 Å². The largest absolute Gasteiger partial charge is 0.319 e. The number of carbonyl (C=O) groups excluding carboxylic acids is 1. The van der Waals surface area contributed by atoms with E-state index in [9.17, 15) is 4.79 Å². The lowest BCUT2D eigenvalue weighted by Crippen LogP contribution is -2.17. The summed E-state index contributed by atoms with van der Waals surface area (Å²) < 4.78 is 1.64. The average molecular weight is 254 g/mol. The molecule has 0 fully saturated rings. The van der Waals surface area contributed by atoms with Crippen molar-refractivity contribution >= 4 is 11.6 Å². The fraction of sp³-hybridized carbons (Fsp3) is 0.214. The Morgan fingerprint density at radius 1 is 1.47 bits per heavy atom. The number of aryl methyl sites for hydroxylation is 2. The minimum atomic E-state index is -0.259. The average Bonchev–Trinajstić information content (AvgIpc) is 2.80. The second-order valence-corrected chi connectivity index (χ2v) is 4.10. The first-order chi connectivity index (χ1) is 9.15. The van der Waals surface area contributed by atoms with Crippen molar-refractivity contribution in [3.63, 3.8) is 0 Å². The maximum Gasteiger partial charge on any atom is 0.273 e. The third kappa shape index (κ3) is 2.63. The lowest BCUT2D eigenvalue weighted by molar-refractivity contribution is 0.101. The van der Waals surface area contributed by atoms with Crippen LogP contribution in [0.1, 0.15) is 28.7 Å². The minimum Gasteiger partial charge on any atom is -0.319 e. The van der Waals surface area contributed by atoms with Crippen LogP contribution in [0.25, 0.3) is 0 Å². The van der Waals surface area contributed by atoms with Crippen molar-refractivity contribution in [3.8, 4) is 6.07 Å². The Morgan fingerprint density at radius 3 is 2.89 bits per heavy atom. The van der Waals surface area contributed by atoms with E-state index in [-0.39, 0.29) is 5.91 Å². The van der Waals surface area contributed by atoms with Gasteiger partial charge in [0.05, 0.1) is 16.9 Å². The molecule has 1 N–H and O–H groups in total. The first kappa shape index (κ1) is 12.8. The molecule has 2 rings (SSSR count). The van der Waals surface area contributed by atoms with E-state index in [0.29, 0.717) is 23.5 Å². The number of nitrogens with one attached hydrogen (secondary N) is 1. The van der Waals surface area contributed by atoms with E-state index in [0.717, 1.165) is 5.69 Å². The zero-order valence-electron chi connectivity index (χ0n) is 10.8. The molecule has 5 heteroatoms. The third-order valence-corrected chi connectivity index (χ3v) is 2.73. The summed E-state index contributed by atoms with van der Waals surface area (Å²) in [6, 6.07) is 10.7. The molecule has 0 aliphatic carbocycles. The number of hydrogen-bond donors (Lipinski definition) is 1. The lowest BCUT2D eigenvalue weighted by Gasteiger charge is -2.07. The summed E-state index contributed by atoms with van der Waals surface area (Å²) in [7, 11) is 0. The van der Waals surface area contributed by atoms with Gasteiger partial charge in [0, 0.05) is 6.54 Å². The maximum atomic E-state index is 12.2. The zero-order chi connectivity index (χ0) is 13.8. The fourth-order valence-electron chi connectivity index (χ4n) is 1.85. The van der Waals surface area contributed by atoms with Gasteiger partial charge in [-0.3, -0.25) is 9.48 Å². The normalized spacial score (nSPS) is 9.95. The van der Waals surface area contributed by atoms with Crippen molar-refractivity contribution in [3.05, 3.63) is 47.3 Å². The van der Waals surface area contributed by atoms with Crippen LogP contribution in [0.4, 0.5) is 5.69 Å². The van der Waals surface area contributed by atoms with Gasteiger partial charge >= 0.3 is 0 Å². The van der Waals surface area contributed by atoms with E-state index in [1.807, 2.05) is 19.9 Å². The summed E-state index contributed by atoms with van der Waals surface area (Å²) >= 11 is 0. The number of anilines is 1. The van der Waals surface area contributed by atoms with Gasteiger partial charge in [0.1, 0.15) is 11.8 Å². The molecule has 1 amide bonds. The molecule has 1 aromatic heterocycles. The summed E-state index contributed by atoms with van der Waals surface area (Å²) in [5.74, 6) is -0.259. The van der Waals surface area contributed by atoms with Crippen LogP contribution in [0.5, 0.6) is 0 Å². The molecular formula is C14H14N4O. The molecule has 0 unspecified atom stereocenters. The summed E-state index contributed by atoms with van der Waals surface area (Å²) in [6.07, 6.45) is 0. The fourth-order valence-corrected chi connectivity index (χ4v) is 1.85. The molecule has 0 spiro atoms. The van der Waals surface area contributed by atoms with E-state index >= 15 is 0 Å². The quantitative estimate of drug-likeness (QED) is 0.913. The molecule has 2 aromatic rings. The Morgan fingerprint density at radius 2 is 2.21 bits per heavy atom. The molecule has 0 saturated carbocycles. The molecule has 19 heavy (non-hydrogen) atoms. The Bertz CT molecular complexity index is 652. The molecule has 0 radical (unpaired) electrons. The number of rotatable bonds is 3. The van der Waals surface area contributed by atoms with Crippen LogP contribution in [0.15, 0.2) is 30.3 Å². The van der Waals surface area contributed by atoms with Crippen LogP contribution in [-0.4, -0.2) is 15.7 Å². The molecular weight excluding hydrogens is 240 g/mol. The topological polar surface area (TPSA) is 70.7 Å². The SMILES string of the molecule is CCn1nc(C)cc1C(=O)Nc1ccccc1C#N. The predicted molar refractivity (Wildman–Crippen MR) is 71.7 cm³/mol. The van der Waals surface area contributed by atoms with Gasteiger partial charge in [0.2, 0.25) is 0 Å². The van der Waals surface area contributed by atoms with Crippen LogP contribution < -0.4 is 5.32 Å². The zero-order valence-corrected chi connectivity index (χ0v) is 10.8. The second-order valence-electron chi connectivity index (χ2n) is 4.10. The van der Waals surface area contributed by atoms with Gasteiger partial charge in [0.25, 0.3) is 5.91 Å². The Hall–Kier alpha value is -2.61. The predicted octanol–water partition coefficient (Wildman–Crippen LogP) is 2.34. The molecule has 0 atom stereocenters. The van der Waals surface area contributed by atoms with Crippen molar-refractivity contribution in [2.24, 2.45) is 0 Å². The van der Waals surface area contributed by atoms with Crippen LogP contribution in [-0.2, 0) is 6.54 Å². The van der Waals surface area contributed by atoms with E-state index in [1.54, 1.807) is 35.0 Å². The third-order valence-electron chi connectivity index (χ3n) is 2.73. The molecule has 5 nitrogen and oxygen atoms in total. The number of hydrogen-bond acceptors (Lipinski definition) is 3. The molecule has 0 aliphatic rings. The second kappa shape index (κ2) is 5.36. The summed E-state index contributed by atoms with van der Waals surface area (Å²) in [5, 5.41) is 16.0. The number of carbonyl (C=O) groups is 1. The highest BCUT2D eigenvalue weighted by Crippen LogP contribution is 2.15. The van der Waals surface area contributed by atoms with E-state index in [1.165, 1.54) is 0 Å². The Kier molecular flexibility index (Phi) is 3.62. The number of benzene rings is 1. The highest BCUT2D eigenvalue weighted by molar-refractivity contribution is 6.03. The van der Waals surface area contributed by atoms with Gasteiger partial charge in [-0.25, -0.2) is 0 Å². The molecule has 0 bridgehead atoms. The summed E-state index contributed by atoms with van der Waals surface area (Å²) in [6.45, 7) is 4.38. The molecule has 1 heterocycles. The van der Waals surface area contributed by atoms with Crippen molar-refractivity contribution in [2.75, 3.05) is 5.32 Å². The van der Waals surface area contributed by atoms with Gasteiger partial charge in [-0.1, -0.05) is 12.1 Å². The van der Waals surface area contributed by atoms with Crippen molar-refractivity contribution in [1.82, 2.24) is 9.78 Å². The summed E-state index contributed by atoms with van der Waals surface area (Å²) in [4.78, 5) is 12.2. The van der Waals surface area contributed by atoms with Gasteiger partial charge in [-0.2, -0.15) is 10.4 Å². The summed E-state index contributed by atoms with van der Waals surface area (Å²) in [5.41, 5.74) is 2.24. The monoisotopic (exact) mass is 254 g/mol. The van der Waals surface area contributed by atoms with Crippen LogP contribution in [0, 0.1) is 18.3 Å². The van der Waals surface area contributed by atoms with Crippen molar-refractivity contribution in [2.45, 2.75) is 20.4 Å². The number of para-hydroxylation sites is 1. The standard InChI is InChI=1S/C14H14N4O/c1-3-18-13(8-10(2)17-18)14(19)16-12-7-5-4-6-11(12)9-15/h4-8H,3H2,1-2H3,(H,16,19). The van der Waals surface area contributed by atoms with Crippen LogP contribution in [0.2, 0.25) is 0 Å². The van der Waals surface area contributed by atoms with Gasteiger partial charge < -0.3 is 5.32 Å². The van der Waals surface area contributed by atoms with Crippen molar-refractivity contribution < 1.29 is 4.79 Å². The van der Waals surface area contributed by atoms with Crippen LogP contribution >= 0.6 is 0 Å². The van der Waals surface area contributed by atoms with E-state index < -0.39 is 0 Å². The molecule has 0 aliphatic heterocycles. The number of amides is 1.